The summed E-state index contributed by atoms with van der Waals surface area (Å²) in [6.07, 6.45) is 4.21. The number of rotatable bonds is 3. The molecule has 0 aliphatic heterocycles. The third kappa shape index (κ3) is 2.66. The minimum absolute atomic E-state index is 0.0290. The third-order valence-electron chi connectivity index (χ3n) is 1.94. The fraction of sp³-hybridized carbons (Fsp3) is 0.556. The minimum atomic E-state index is -0.227. The first-order valence-corrected chi connectivity index (χ1v) is 4.42. The van der Waals surface area contributed by atoms with Gasteiger partial charge >= 0.3 is 5.69 Å². The quantitative estimate of drug-likeness (QED) is 0.729. The second-order valence-electron chi connectivity index (χ2n) is 3.23. The Labute approximate surface area is 77.4 Å². The highest BCUT2D eigenvalue weighted by Crippen LogP contribution is 1.93. The Morgan fingerprint density at radius 3 is 3.00 bits per heavy atom. The monoisotopic (exact) mass is 181 g/mol. The number of aryl methyl sites for hydroxylation is 1. The lowest BCUT2D eigenvalue weighted by molar-refractivity contribution is 0.518. The normalized spacial score (nSPS) is 12.8. The third-order valence-corrected chi connectivity index (χ3v) is 1.94. The largest absolute Gasteiger partial charge is 0.347 e. The molecule has 1 rings (SSSR count). The number of nitrogens with two attached hydrogens (primary N) is 1. The zero-order chi connectivity index (χ0) is 9.84. The second kappa shape index (κ2) is 4.18. The molecule has 0 bridgehead atoms. The van der Waals surface area contributed by atoms with Gasteiger partial charge in [-0.05, 0) is 18.9 Å². The average molecular weight is 181 g/mol. The van der Waals surface area contributed by atoms with Crippen molar-refractivity contribution in [2.45, 2.75) is 32.9 Å². The van der Waals surface area contributed by atoms with Crippen LogP contribution in [0, 0.1) is 6.92 Å². The van der Waals surface area contributed by atoms with Crippen molar-refractivity contribution >= 4 is 0 Å². The summed E-state index contributed by atoms with van der Waals surface area (Å²) in [5.41, 5.74) is 6.48. The van der Waals surface area contributed by atoms with Crippen molar-refractivity contribution in [1.29, 1.82) is 0 Å². The Bertz CT molecular complexity index is 332. The van der Waals surface area contributed by atoms with Crippen LogP contribution >= 0.6 is 0 Å². The molecule has 4 heteroatoms. The van der Waals surface area contributed by atoms with E-state index in [1.54, 1.807) is 17.0 Å². The van der Waals surface area contributed by atoms with E-state index in [4.69, 9.17) is 5.73 Å². The summed E-state index contributed by atoms with van der Waals surface area (Å²) in [6.45, 7) is 4.45. The van der Waals surface area contributed by atoms with E-state index in [0.717, 1.165) is 12.0 Å². The second-order valence-corrected chi connectivity index (χ2v) is 3.23. The molecular formula is C9H15N3O. The van der Waals surface area contributed by atoms with Crippen LogP contribution in [-0.2, 0) is 6.54 Å². The van der Waals surface area contributed by atoms with Crippen LogP contribution < -0.4 is 11.4 Å². The van der Waals surface area contributed by atoms with Crippen LogP contribution in [0.1, 0.15) is 18.9 Å². The molecule has 0 aliphatic rings. The molecule has 0 radical (unpaired) electrons. The van der Waals surface area contributed by atoms with Crippen molar-refractivity contribution in [3.63, 3.8) is 0 Å². The SMILES string of the molecule is CCC(N)Cn1cc(C)cnc1=O. The molecule has 0 saturated carbocycles. The van der Waals surface area contributed by atoms with E-state index in [1.807, 2.05) is 13.8 Å². The van der Waals surface area contributed by atoms with Crippen LogP contribution in [0.5, 0.6) is 0 Å². The van der Waals surface area contributed by atoms with E-state index in [2.05, 4.69) is 4.98 Å². The Morgan fingerprint density at radius 1 is 1.69 bits per heavy atom. The lowest BCUT2D eigenvalue weighted by atomic mass is 10.2. The van der Waals surface area contributed by atoms with Crippen molar-refractivity contribution in [3.05, 3.63) is 28.4 Å². The maximum Gasteiger partial charge on any atom is 0.347 e. The Kier molecular flexibility index (Phi) is 3.19. The van der Waals surface area contributed by atoms with Gasteiger partial charge in [-0.15, -0.1) is 0 Å². The first-order chi connectivity index (χ1) is 6.13. The van der Waals surface area contributed by atoms with Gasteiger partial charge in [0.05, 0.1) is 0 Å². The molecule has 1 aromatic heterocycles. The number of aromatic nitrogens is 2. The Hall–Kier alpha value is -1.16. The molecule has 0 spiro atoms. The predicted molar refractivity (Wildman–Crippen MR) is 51.5 cm³/mol. The zero-order valence-electron chi connectivity index (χ0n) is 8.03. The molecule has 1 unspecified atom stereocenters. The van der Waals surface area contributed by atoms with Crippen LogP contribution in [0.3, 0.4) is 0 Å². The molecule has 1 atom stereocenters. The summed E-state index contributed by atoms with van der Waals surface area (Å²) in [5, 5.41) is 0. The summed E-state index contributed by atoms with van der Waals surface area (Å²) >= 11 is 0. The van der Waals surface area contributed by atoms with E-state index >= 15 is 0 Å². The molecule has 4 nitrogen and oxygen atoms in total. The van der Waals surface area contributed by atoms with Crippen molar-refractivity contribution in [2.75, 3.05) is 0 Å². The molecule has 2 N–H and O–H groups in total. The maximum absolute atomic E-state index is 11.2. The average Bonchev–Trinajstić information content (AvgIpc) is 2.11. The van der Waals surface area contributed by atoms with Gasteiger partial charge in [0, 0.05) is 25.0 Å². The Balaban J connectivity index is 2.87. The van der Waals surface area contributed by atoms with Gasteiger partial charge in [0.2, 0.25) is 0 Å². The van der Waals surface area contributed by atoms with Gasteiger partial charge in [-0.1, -0.05) is 6.92 Å². The predicted octanol–water partition coefficient (Wildman–Crippen LogP) is 0.289. The van der Waals surface area contributed by atoms with Crippen LogP contribution in [0.4, 0.5) is 0 Å². The van der Waals surface area contributed by atoms with Crippen LogP contribution in [0.25, 0.3) is 0 Å². The van der Waals surface area contributed by atoms with Gasteiger partial charge in [-0.25, -0.2) is 9.78 Å². The summed E-state index contributed by atoms with van der Waals surface area (Å²) in [7, 11) is 0. The summed E-state index contributed by atoms with van der Waals surface area (Å²) in [5.74, 6) is 0. The molecule has 1 heterocycles. The fourth-order valence-electron chi connectivity index (χ4n) is 1.08. The van der Waals surface area contributed by atoms with E-state index in [-0.39, 0.29) is 11.7 Å². The highest BCUT2D eigenvalue weighted by atomic mass is 16.1. The number of hydrogen-bond donors (Lipinski definition) is 1. The van der Waals surface area contributed by atoms with Crippen molar-refractivity contribution in [2.24, 2.45) is 5.73 Å². The van der Waals surface area contributed by atoms with Crippen molar-refractivity contribution in [1.82, 2.24) is 9.55 Å². The van der Waals surface area contributed by atoms with Crippen molar-refractivity contribution in [3.8, 4) is 0 Å². The molecule has 13 heavy (non-hydrogen) atoms. The van der Waals surface area contributed by atoms with E-state index in [1.165, 1.54) is 0 Å². The van der Waals surface area contributed by atoms with Gasteiger partial charge < -0.3 is 5.73 Å². The van der Waals surface area contributed by atoms with Crippen molar-refractivity contribution < 1.29 is 0 Å². The van der Waals surface area contributed by atoms with Gasteiger partial charge in [-0.2, -0.15) is 0 Å². The summed E-state index contributed by atoms with van der Waals surface area (Å²) in [6, 6.07) is 0.0290. The van der Waals surface area contributed by atoms with Crippen LogP contribution in [0.2, 0.25) is 0 Å². The number of hydrogen-bond acceptors (Lipinski definition) is 3. The van der Waals surface area contributed by atoms with E-state index in [0.29, 0.717) is 6.54 Å². The highest BCUT2D eigenvalue weighted by molar-refractivity contribution is 4.99. The zero-order valence-corrected chi connectivity index (χ0v) is 8.03. The number of nitrogens with zero attached hydrogens (tertiary/aromatic N) is 2. The first-order valence-electron chi connectivity index (χ1n) is 4.42. The minimum Gasteiger partial charge on any atom is -0.326 e. The molecule has 0 aromatic carbocycles. The summed E-state index contributed by atoms with van der Waals surface area (Å²) < 4.78 is 1.56. The lowest BCUT2D eigenvalue weighted by Crippen LogP contribution is -2.32. The lowest BCUT2D eigenvalue weighted by Gasteiger charge is -2.10. The summed E-state index contributed by atoms with van der Waals surface area (Å²) in [4.78, 5) is 14.9. The van der Waals surface area contributed by atoms with Gasteiger partial charge in [-0.3, -0.25) is 4.57 Å². The maximum atomic E-state index is 11.2. The standard InChI is InChI=1S/C9H15N3O/c1-3-8(10)6-12-5-7(2)4-11-9(12)13/h4-5,8H,3,6,10H2,1-2H3. The molecule has 1 aromatic rings. The van der Waals surface area contributed by atoms with Crippen LogP contribution in [0.15, 0.2) is 17.2 Å². The Morgan fingerprint density at radius 2 is 2.38 bits per heavy atom. The van der Waals surface area contributed by atoms with Gasteiger partial charge in [0.1, 0.15) is 0 Å². The van der Waals surface area contributed by atoms with E-state index < -0.39 is 0 Å². The molecule has 0 aliphatic carbocycles. The molecular weight excluding hydrogens is 166 g/mol. The van der Waals surface area contributed by atoms with E-state index in [9.17, 15) is 4.79 Å². The van der Waals surface area contributed by atoms with Crippen LogP contribution in [-0.4, -0.2) is 15.6 Å². The molecule has 0 fully saturated rings. The molecule has 72 valence electrons. The molecule has 0 amide bonds. The first kappa shape index (κ1) is 9.92. The smallest absolute Gasteiger partial charge is 0.326 e. The van der Waals surface area contributed by atoms with Gasteiger partial charge in [0.25, 0.3) is 0 Å². The fourth-order valence-corrected chi connectivity index (χ4v) is 1.08. The molecule has 0 saturated heterocycles. The highest BCUT2D eigenvalue weighted by Gasteiger charge is 2.02. The topological polar surface area (TPSA) is 60.9 Å². The van der Waals surface area contributed by atoms with Gasteiger partial charge in [0.15, 0.2) is 0 Å².